The van der Waals surface area contributed by atoms with E-state index < -0.39 is 6.61 Å². The first-order valence-electron chi connectivity index (χ1n) is 15.1. The Morgan fingerprint density at radius 2 is 1.80 bits per heavy atom. The molecule has 1 saturated carbocycles. The molecule has 12 heteroatoms. The number of methoxy groups -OCH3 is 1. The van der Waals surface area contributed by atoms with E-state index in [4.69, 9.17) is 4.74 Å². The standard InChI is InChI=1S/C34H35F2N5O3S.FH/c1-21(2)28-14-13-27(43-3)19-30(28)40-15-4-16-45-34(40)38-31(42)18-24-17-29(24)22-5-7-23(8-6-22)32-37-20-41(39-32)25-9-11-26(12-10-25)44-33(35)36;/h5-14,19-21,24,29,33H,4,15-18H2,1-3H3;1H. The number of ether oxygens (including phenoxy) is 2. The molecule has 2 aliphatic rings. The second kappa shape index (κ2) is 14.4. The number of carbonyl (C=O) groups is 1. The summed E-state index contributed by atoms with van der Waals surface area (Å²) in [6, 6.07) is 20.5. The fourth-order valence-electron chi connectivity index (χ4n) is 5.69. The third-order valence-corrected chi connectivity index (χ3v) is 9.20. The smallest absolute Gasteiger partial charge is 0.387 e. The summed E-state index contributed by atoms with van der Waals surface area (Å²) in [6.07, 6.45) is 3.99. The maximum absolute atomic E-state index is 13.2. The molecule has 1 saturated heterocycles. The highest BCUT2D eigenvalue weighted by Gasteiger charge is 2.39. The number of aliphatic imine (C=N–C) groups is 1. The van der Waals surface area contributed by atoms with Crippen molar-refractivity contribution in [2.75, 3.05) is 24.3 Å². The average molecular weight is 652 g/mol. The maximum Gasteiger partial charge on any atom is 0.387 e. The first-order chi connectivity index (χ1) is 21.8. The Morgan fingerprint density at radius 1 is 1.07 bits per heavy atom. The van der Waals surface area contributed by atoms with E-state index in [1.165, 1.54) is 23.3 Å². The van der Waals surface area contributed by atoms with Gasteiger partial charge < -0.3 is 14.4 Å². The van der Waals surface area contributed by atoms with Crippen LogP contribution in [0.5, 0.6) is 11.5 Å². The van der Waals surface area contributed by atoms with Crippen molar-refractivity contribution in [3.8, 4) is 28.6 Å². The minimum atomic E-state index is -2.87. The van der Waals surface area contributed by atoms with Crippen LogP contribution in [0.1, 0.15) is 56.1 Å². The normalized spacial score (nSPS) is 18.5. The van der Waals surface area contributed by atoms with Crippen molar-refractivity contribution in [2.24, 2.45) is 10.9 Å². The molecule has 8 nitrogen and oxygen atoms in total. The predicted octanol–water partition coefficient (Wildman–Crippen LogP) is 7.84. The molecule has 1 aliphatic carbocycles. The second-order valence-electron chi connectivity index (χ2n) is 11.5. The van der Waals surface area contributed by atoms with Gasteiger partial charge in [0.2, 0.25) is 5.91 Å². The van der Waals surface area contributed by atoms with E-state index in [2.05, 4.69) is 56.8 Å². The Hall–Kier alpha value is -4.32. The summed E-state index contributed by atoms with van der Waals surface area (Å²) in [5, 5.41) is 5.31. The number of nitrogens with zero attached hydrogens (tertiary/aromatic N) is 5. The summed E-state index contributed by atoms with van der Waals surface area (Å²) in [6.45, 7) is 2.30. The van der Waals surface area contributed by atoms with E-state index in [0.717, 1.165) is 47.3 Å². The Labute approximate surface area is 270 Å². The molecule has 0 radical (unpaired) electrons. The largest absolute Gasteiger partial charge is 0.497 e. The Kier molecular flexibility index (Phi) is 10.4. The van der Waals surface area contributed by atoms with Gasteiger partial charge in [0.1, 0.15) is 17.8 Å². The zero-order chi connectivity index (χ0) is 31.5. The topological polar surface area (TPSA) is 81.8 Å². The van der Waals surface area contributed by atoms with Crippen LogP contribution in [0, 0.1) is 5.92 Å². The SMILES string of the molecule is COc1ccc(C(C)C)c(N2CCCSC2=NC(=O)CC2CC2c2ccc(-c3ncn(-c4ccc(OC(F)F)cc4)n3)cc2)c1.F. The molecule has 2 unspecified atom stereocenters. The highest BCUT2D eigenvalue weighted by Crippen LogP contribution is 2.50. The number of aromatic nitrogens is 3. The van der Waals surface area contributed by atoms with Crippen LogP contribution < -0.4 is 14.4 Å². The van der Waals surface area contributed by atoms with Crippen molar-refractivity contribution in [3.05, 3.63) is 84.2 Å². The average Bonchev–Trinajstić information content (AvgIpc) is 3.62. The second-order valence-corrected chi connectivity index (χ2v) is 12.6. The zero-order valence-corrected chi connectivity index (χ0v) is 26.6. The molecule has 4 aromatic rings. The molecule has 1 amide bonds. The number of amides is 1. The molecule has 2 atom stereocenters. The molecule has 0 spiro atoms. The van der Waals surface area contributed by atoms with Crippen LogP contribution in [0.25, 0.3) is 17.1 Å². The molecule has 2 fully saturated rings. The number of anilines is 1. The van der Waals surface area contributed by atoms with Gasteiger partial charge in [0.15, 0.2) is 11.0 Å². The molecule has 1 aliphatic heterocycles. The number of halogens is 3. The third-order valence-electron chi connectivity index (χ3n) is 8.13. The Balaban J connectivity index is 0.00000417. The monoisotopic (exact) mass is 651 g/mol. The lowest BCUT2D eigenvalue weighted by Crippen LogP contribution is -2.35. The van der Waals surface area contributed by atoms with Crippen molar-refractivity contribution >= 4 is 28.5 Å². The van der Waals surface area contributed by atoms with Gasteiger partial charge in [-0.1, -0.05) is 55.9 Å². The molecule has 0 bridgehead atoms. The lowest BCUT2D eigenvalue weighted by Gasteiger charge is -2.32. The van der Waals surface area contributed by atoms with Gasteiger partial charge in [-0.25, -0.2) is 9.67 Å². The van der Waals surface area contributed by atoms with Crippen LogP contribution in [0.3, 0.4) is 0 Å². The molecule has 2 heterocycles. The minimum absolute atomic E-state index is 0. The number of rotatable bonds is 10. The van der Waals surface area contributed by atoms with Crippen LogP contribution in [-0.2, 0) is 4.79 Å². The third kappa shape index (κ3) is 7.55. The highest BCUT2D eigenvalue weighted by molar-refractivity contribution is 8.14. The van der Waals surface area contributed by atoms with Gasteiger partial charge in [-0.15, -0.1) is 5.10 Å². The lowest BCUT2D eigenvalue weighted by molar-refractivity contribution is -0.118. The van der Waals surface area contributed by atoms with Crippen LogP contribution in [0.4, 0.5) is 19.2 Å². The Bertz CT molecular complexity index is 1680. The number of amidine groups is 1. The first kappa shape index (κ1) is 33.1. The molecule has 46 heavy (non-hydrogen) atoms. The van der Waals surface area contributed by atoms with Gasteiger partial charge in [-0.2, -0.15) is 13.8 Å². The predicted molar refractivity (Wildman–Crippen MR) is 175 cm³/mol. The number of benzene rings is 3. The summed E-state index contributed by atoms with van der Waals surface area (Å²) in [4.78, 5) is 24.4. The number of hydrogen-bond donors (Lipinski definition) is 0. The van der Waals surface area contributed by atoms with Crippen molar-refractivity contribution in [1.82, 2.24) is 14.8 Å². The quantitative estimate of drug-likeness (QED) is 0.173. The Morgan fingerprint density at radius 3 is 2.50 bits per heavy atom. The molecule has 1 aromatic heterocycles. The van der Waals surface area contributed by atoms with E-state index in [-0.39, 0.29) is 22.3 Å². The van der Waals surface area contributed by atoms with E-state index >= 15 is 0 Å². The highest BCUT2D eigenvalue weighted by atomic mass is 32.2. The molecule has 6 rings (SSSR count). The first-order valence-corrected chi connectivity index (χ1v) is 16.0. The van der Waals surface area contributed by atoms with E-state index in [1.54, 1.807) is 42.0 Å². The number of thioether (sulfide) groups is 1. The summed E-state index contributed by atoms with van der Waals surface area (Å²) < 4.78 is 36.3. The number of alkyl halides is 2. The van der Waals surface area contributed by atoms with Crippen LogP contribution in [-0.4, -0.2) is 51.9 Å². The van der Waals surface area contributed by atoms with Crippen LogP contribution in [0.15, 0.2) is 78.0 Å². The summed E-state index contributed by atoms with van der Waals surface area (Å²) in [7, 11) is 1.67. The van der Waals surface area contributed by atoms with Crippen molar-refractivity contribution in [2.45, 2.75) is 51.6 Å². The fourth-order valence-corrected chi connectivity index (χ4v) is 6.65. The van der Waals surface area contributed by atoms with Gasteiger partial charge in [0, 0.05) is 36.0 Å². The minimum Gasteiger partial charge on any atom is -0.497 e. The maximum atomic E-state index is 13.2. The van der Waals surface area contributed by atoms with Crippen molar-refractivity contribution in [1.29, 1.82) is 0 Å². The summed E-state index contributed by atoms with van der Waals surface area (Å²) in [5.74, 6) is 3.22. The number of hydrogen-bond acceptors (Lipinski definition) is 6. The fraction of sp³-hybridized carbons (Fsp3) is 0.353. The van der Waals surface area contributed by atoms with E-state index in [0.29, 0.717) is 29.8 Å². The van der Waals surface area contributed by atoms with Crippen molar-refractivity contribution < 1.29 is 27.8 Å². The van der Waals surface area contributed by atoms with Gasteiger partial charge in [0.05, 0.1) is 12.8 Å². The van der Waals surface area contributed by atoms with Crippen molar-refractivity contribution in [3.63, 3.8) is 0 Å². The summed E-state index contributed by atoms with van der Waals surface area (Å²) >= 11 is 1.64. The van der Waals surface area contributed by atoms with Crippen LogP contribution in [0.2, 0.25) is 0 Å². The molecule has 242 valence electrons. The van der Waals surface area contributed by atoms with E-state index in [1.807, 2.05) is 24.3 Å². The molecular weight excluding hydrogens is 615 g/mol. The van der Waals surface area contributed by atoms with Gasteiger partial charge in [-0.05, 0) is 72.1 Å². The van der Waals surface area contributed by atoms with Gasteiger partial charge in [0.25, 0.3) is 0 Å². The summed E-state index contributed by atoms with van der Waals surface area (Å²) in [5.41, 5.74) is 5.00. The zero-order valence-electron chi connectivity index (χ0n) is 25.8. The molecule has 3 aromatic carbocycles. The molecular formula is C34H36F3N5O3S. The lowest BCUT2D eigenvalue weighted by atomic mass is 10.00. The molecule has 0 N–H and O–H groups in total. The van der Waals surface area contributed by atoms with Crippen LogP contribution >= 0.6 is 11.8 Å². The van der Waals surface area contributed by atoms with E-state index in [9.17, 15) is 13.6 Å². The van der Waals surface area contributed by atoms with Gasteiger partial charge in [-0.3, -0.25) is 9.50 Å². The number of carbonyl (C=O) groups excluding carboxylic acids is 1. The van der Waals surface area contributed by atoms with Gasteiger partial charge >= 0.3 is 6.61 Å².